The lowest BCUT2D eigenvalue weighted by molar-refractivity contribution is -0.127. The van der Waals surface area contributed by atoms with Gasteiger partial charge in [0.25, 0.3) is 11.8 Å². The van der Waals surface area contributed by atoms with E-state index in [2.05, 4.69) is 30.6 Å². The van der Waals surface area contributed by atoms with Crippen LogP contribution >= 0.6 is 22.7 Å². The van der Waals surface area contributed by atoms with Crippen LogP contribution in [0.5, 0.6) is 0 Å². The van der Waals surface area contributed by atoms with Gasteiger partial charge in [-0.2, -0.15) is 0 Å². The Morgan fingerprint density at radius 3 is 1.35 bits per heavy atom. The lowest BCUT2D eigenvalue weighted by Crippen LogP contribution is -2.59. The summed E-state index contributed by atoms with van der Waals surface area (Å²) in [6, 6.07) is 4.38. The van der Waals surface area contributed by atoms with Crippen LogP contribution in [0.1, 0.15) is 147 Å². The topological polar surface area (TPSA) is 150 Å². The third-order valence-electron chi connectivity index (χ3n) is 13.0. The summed E-state index contributed by atoms with van der Waals surface area (Å²) in [6.45, 7) is 7.61. The number of hydrogen-bond donors (Lipinski definition) is 4. The van der Waals surface area contributed by atoms with Crippen LogP contribution in [-0.2, 0) is 0 Å². The SMILES string of the molecule is CC(C)(O)C1CC2(CC(NC(=O)c3cnc4nc(C5CC5)sc4c3)C2)C1.CC(C)(O)C1CC2(CC(NC(=O)c3cnc4nc(C5CC5)sc4c3)C2)C1. The van der Waals surface area contributed by atoms with Crippen LogP contribution in [0, 0.1) is 22.7 Å². The quantitative estimate of drug-likeness (QED) is 0.147. The van der Waals surface area contributed by atoms with Crippen LogP contribution in [0.3, 0.4) is 0 Å². The summed E-state index contributed by atoms with van der Waals surface area (Å²) in [5, 5.41) is 28.8. The number of nitrogens with one attached hydrogen (secondary N) is 2. The molecule has 4 aromatic heterocycles. The lowest BCUT2D eigenvalue weighted by atomic mass is 9.47. The van der Waals surface area contributed by atoms with Crippen molar-refractivity contribution >= 4 is 55.2 Å². The minimum absolute atomic E-state index is 0.0287. The molecule has 4 N–H and O–H groups in total. The molecule has 0 radical (unpaired) electrons. The van der Waals surface area contributed by atoms with Crippen LogP contribution < -0.4 is 10.6 Å². The molecule has 4 heterocycles. The van der Waals surface area contributed by atoms with Gasteiger partial charge in [0.05, 0.1) is 41.7 Å². The van der Waals surface area contributed by atoms with Crippen molar-refractivity contribution in [2.45, 2.75) is 140 Å². The van der Waals surface area contributed by atoms with Crippen molar-refractivity contribution in [3.63, 3.8) is 0 Å². The van der Waals surface area contributed by atoms with Crippen LogP contribution in [0.2, 0.25) is 0 Å². The number of fused-ring (bicyclic) bond motifs is 2. The number of nitrogens with zero attached hydrogens (tertiary/aromatic N) is 4. The van der Waals surface area contributed by atoms with E-state index in [0.29, 0.717) is 45.6 Å². The maximum absolute atomic E-state index is 12.6. The predicted octanol–water partition coefficient (Wildman–Crippen LogP) is 7.26. The van der Waals surface area contributed by atoms with Gasteiger partial charge in [-0.3, -0.25) is 9.59 Å². The number of thiazole rings is 2. The van der Waals surface area contributed by atoms with Crippen molar-refractivity contribution in [2.75, 3.05) is 0 Å². The molecule has 276 valence electrons. The molecule has 52 heavy (non-hydrogen) atoms. The van der Waals surface area contributed by atoms with Crippen LogP contribution in [-0.4, -0.2) is 65.2 Å². The minimum Gasteiger partial charge on any atom is -0.390 e. The van der Waals surface area contributed by atoms with Gasteiger partial charge in [-0.05, 0) is 140 Å². The zero-order valence-corrected chi connectivity index (χ0v) is 32.2. The average molecular weight is 743 g/mol. The molecular weight excluding hydrogens is 693 g/mol. The van der Waals surface area contributed by atoms with Gasteiger partial charge in [0.1, 0.15) is 0 Å². The molecule has 6 aliphatic rings. The van der Waals surface area contributed by atoms with Gasteiger partial charge in [0, 0.05) is 36.3 Å². The van der Waals surface area contributed by atoms with Gasteiger partial charge in [-0.15, -0.1) is 22.7 Å². The summed E-state index contributed by atoms with van der Waals surface area (Å²) in [5.74, 6) is 1.98. The Bertz CT molecular complexity index is 1880. The molecule has 2 spiro atoms. The van der Waals surface area contributed by atoms with Crippen LogP contribution in [0.4, 0.5) is 0 Å². The molecule has 0 atom stereocenters. The third-order valence-corrected chi connectivity index (χ3v) is 15.3. The highest BCUT2D eigenvalue weighted by Gasteiger charge is 2.57. The van der Waals surface area contributed by atoms with E-state index in [1.807, 2.05) is 39.8 Å². The van der Waals surface area contributed by atoms with E-state index in [-0.39, 0.29) is 23.9 Å². The molecule has 12 heteroatoms. The molecule has 0 saturated heterocycles. The number of amides is 2. The van der Waals surface area contributed by atoms with Crippen molar-refractivity contribution in [1.82, 2.24) is 30.6 Å². The minimum atomic E-state index is -0.575. The molecule has 6 aliphatic carbocycles. The Morgan fingerprint density at radius 1 is 0.654 bits per heavy atom. The first-order valence-electron chi connectivity index (χ1n) is 19.2. The van der Waals surface area contributed by atoms with Crippen LogP contribution in [0.15, 0.2) is 24.5 Å². The smallest absolute Gasteiger partial charge is 0.253 e. The number of carbonyl (C=O) groups excluding carboxylic acids is 2. The van der Waals surface area contributed by atoms with Gasteiger partial charge < -0.3 is 20.8 Å². The molecule has 2 amide bonds. The van der Waals surface area contributed by atoms with Gasteiger partial charge in [0.2, 0.25) is 0 Å². The molecule has 0 unspecified atom stereocenters. The zero-order valence-electron chi connectivity index (χ0n) is 30.6. The van der Waals surface area contributed by atoms with Crippen molar-refractivity contribution in [3.05, 3.63) is 45.7 Å². The largest absolute Gasteiger partial charge is 0.390 e. The number of pyridine rings is 2. The summed E-state index contributed by atoms with van der Waals surface area (Å²) in [7, 11) is 0. The second-order valence-corrected chi connectivity index (χ2v) is 20.5. The van der Waals surface area contributed by atoms with Gasteiger partial charge in [-0.25, -0.2) is 19.9 Å². The summed E-state index contributed by atoms with van der Waals surface area (Å²) >= 11 is 3.35. The summed E-state index contributed by atoms with van der Waals surface area (Å²) in [4.78, 5) is 43.1. The first-order valence-corrected chi connectivity index (χ1v) is 20.9. The fourth-order valence-corrected chi connectivity index (χ4v) is 11.6. The monoisotopic (exact) mass is 742 g/mol. The Morgan fingerprint density at radius 2 is 1.02 bits per heavy atom. The third kappa shape index (κ3) is 6.77. The van der Waals surface area contributed by atoms with Crippen molar-refractivity contribution in [3.8, 4) is 0 Å². The second-order valence-electron chi connectivity index (χ2n) is 18.4. The first-order chi connectivity index (χ1) is 24.6. The molecule has 6 fully saturated rings. The van der Waals surface area contributed by atoms with E-state index >= 15 is 0 Å². The highest BCUT2D eigenvalue weighted by molar-refractivity contribution is 7.19. The van der Waals surface area contributed by atoms with Crippen molar-refractivity contribution < 1.29 is 19.8 Å². The standard InChI is InChI=1S/2C20H25N3O2S/c2*1-19(2,25)13-6-20(7-13)8-14(9-20)22-17(24)12-5-15-16(21-10-12)23-18(26-15)11-3-4-11/h2*5,10-11,13-14,25H,3-4,6-9H2,1-2H3,(H,22,24). The molecule has 10 rings (SSSR count). The van der Waals surface area contributed by atoms with E-state index in [4.69, 9.17) is 0 Å². The Hall–Kier alpha value is -3.06. The average Bonchev–Trinajstić information content (AvgIpc) is 3.94. The first kappa shape index (κ1) is 34.7. The fourth-order valence-electron chi connectivity index (χ4n) is 9.28. The van der Waals surface area contributed by atoms with Gasteiger partial charge >= 0.3 is 0 Å². The van der Waals surface area contributed by atoms with Crippen molar-refractivity contribution in [2.24, 2.45) is 22.7 Å². The summed E-state index contributed by atoms with van der Waals surface area (Å²) in [6.07, 6.45) is 16.7. The molecule has 6 saturated carbocycles. The lowest BCUT2D eigenvalue weighted by Gasteiger charge is -2.60. The van der Waals surface area contributed by atoms with Crippen molar-refractivity contribution in [1.29, 1.82) is 0 Å². The number of hydrogen-bond acceptors (Lipinski definition) is 10. The fraction of sp³-hybridized carbons (Fsp3) is 0.650. The van der Waals surface area contributed by atoms with Gasteiger partial charge in [0.15, 0.2) is 11.3 Å². The highest BCUT2D eigenvalue weighted by Crippen LogP contribution is 2.62. The molecule has 0 aromatic carbocycles. The van der Waals surface area contributed by atoms with E-state index in [0.717, 1.165) is 82.1 Å². The summed E-state index contributed by atoms with van der Waals surface area (Å²) < 4.78 is 2.02. The molecular formula is C40H50N6O4S2. The number of aromatic nitrogens is 4. The predicted molar refractivity (Wildman–Crippen MR) is 203 cm³/mol. The normalized spacial score (nSPS) is 30.9. The van der Waals surface area contributed by atoms with Gasteiger partial charge in [-0.1, -0.05) is 0 Å². The number of carbonyl (C=O) groups is 2. The highest BCUT2D eigenvalue weighted by atomic mass is 32.1. The molecule has 0 bridgehead atoms. The summed E-state index contributed by atoms with van der Waals surface area (Å²) in [5.41, 5.74) is 2.37. The zero-order chi connectivity index (χ0) is 36.2. The Balaban J connectivity index is 0.000000138. The number of aliphatic hydroxyl groups is 2. The van der Waals surface area contributed by atoms with E-state index in [9.17, 15) is 19.8 Å². The Kier molecular flexibility index (Phi) is 8.16. The van der Waals surface area contributed by atoms with E-state index in [1.165, 1.54) is 25.7 Å². The van der Waals surface area contributed by atoms with E-state index < -0.39 is 11.2 Å². The maximum atomic E-state index is 12.6. The molecule has 10 nitrogen and oxygen atoms in total. The molecule has 0 aliphatic heterocycles. The van der Waals surface area contributed by atoms with E-state index in [1.54, 1.807) is 35.1 Å². The van der Waals surface area contributed by atoms with Crippen LogP contribution in [0.25, 0.3) is 20.7 Å². The number of rotatable bonds is 8. The maximum Gasteiger partial charge on any atom is 0.253 e. The molecule has 4 aromatic rings. The second kappa shape index (κ2) is 12.2. The Labute approximate surface area is 312 Å².